The lowest BCUT2D eigenvalue weighted by Gasteiger charge is -2.16. The summed E-state index contributed by atoms with van der Waals surface area (Å²) in [6, 6.07) is 2.19. The first-order chi connectivity index (χ1) is 9.26. The van der Waals surface area contributed by atoms with E-state index in [1.807, 2.05) is 6.92 Å². The summed E-state index contributed by atoms with van der Waals surface area (Å²) in [5.41, 5.74) is 4.33. The number of nitrogens with one attached hydrogen (secondary N) is 1. The van der Waals surface area contributed by atoms with Crippen molar-refractivity contribution in [1.82, 2.24) is 19.9 Å². The summed E-state index contributed by atoms with van der Waals surface area (Å²) < 4.78 is 0. The number of imidazole rings is 1. The molecule has 1 atom stereocenters. The molecule has 1 aliphatic rings. The van der Waals surface area contributed by atoms with Crippen LogP contribution in [-0.4, -0.2) is 32.9 Å². The third-order valence-electron chi connectivity index (χ3n) is 4.07. The number of rotatable bonds is 4. The maximum atomic E-state index is 4.45. The third kappa shape index (κ3) is 2.63. The molecule has 102 valence electrons. The molecule has 4 nitrogen and oxygen atoms in total. The minimum atomic E-state index is 0.847. The molecule has 0 amide bonds. The van der Waals surface area contributed by atoms with Crippen LogP contribution >= 0.6 is 0 Å². The van der Waals surface area contributed by atoms with Crippen molar-refractivity contribution in [3.63, 3.8) is 0 Å². The van der Waals surface area contributed by atoms with E-state index >= 15 is 0 Å². The Balaban J connectivity index is 1.77. The molecular weight excluding hydrogens is 236 g/mol. The summed E-state index contributed by atoms with van der Waals surface area (Å²) >= 11 is 0. The first-order valence-corrected chi connectivity index (χ1v) is 7.28. The number of aromatic amines is 1. The van der Waals surface area contributed by atoms with Gasteiger partial charge in [-0.05, 0) is 43.9 Å². The van der Waals surface area contributed by atoms with E-state index in [4.69, 9.17) is 0 Å². The number of H-pyrrole nitrogens is 1. The standard InChI is InChI=1S/C15H22N4/c1-3-4-12-5-6-19(8-12)9-13-7-11(2)18-15-14(13)16-10-17-15/h7,10,12H,3-6,8-9H2,1-2H3,(H,16,17,18). The molecule has 0 saturated carbocycles. The second kappa shape index (κ2) is 5.29. The van der Waals surface area contributed by atoms with Gasteiger partial charge in [-0.2, -0.15) is 0 Å². The molecule has 3 heterocycles. The van der Waals surface area contributed by atoms with E-state index < -0.39 is 0 Å². The highest BCUT2D eigenvalue weighted by molar-refractivity contribution is 5.74. The molecule has 0 aromatic carbocycles. The molecule has 0 radical (unpaired) electrons. The lowest BCUT2D eigenvalue weighted by atomic mass is 10.0. The van der Waals surface area contributed by atoms with Crippen molar-refractivity contribution in [2.24, 2.45) is 5.92 Å². The van der Waals surface area contributed by atoms with E-state index in [9.17, 15) is 0 Å². The molecule has 3 rings (SSSR count). The van der Waals surface area contributed by atoms with Gasteiger partial charge in [0.25, 0.3) is 0 Å². The minimum absolute atomic E-state index is 0.847. The van der Waals surface area contributed by atoms with Crippen molar-refractivity contribution in [2.45, 2.75) is 39.7 Å². The molecular formula is C15H22N4. The van der Waals surface area contributed by atoms with E-state index in [-0.39, 0.29) is 0 Å². The fraction of sp³-hybridized carbons (Fsp3) is 0.600. The third-order valence-corrected chi connectivity index (χ3v) is 4.07. The Morgan fingerprint density at radius 1 is 1.47 bits per heavy atom. The van der Waals surface area contributed by atoms with Gasteiger partial charge in [0, 0.05) is 18.8 Å². The van der Waals surface area contributed by atoms with Crippen molar-refractivity contribution in [2.75, 3.05) is 13.1 Å². The predicted octanol–water partition coefficient (Wildman–Crippen LogP) is 2.89. The lowest BCUT2D eigenvalue weighted by Crippen LogP contribution is -2.20. The van der Waals surface area contributed by atoms with Crippen LogP contribution in [0.3, 0.4) is 0 Å². The summed E-state index contributed by atoms with van der Waals surface area (Å²) in [4.78, 5) is 14.5. The fourth-order valence-electron chi connectivity index (χ4n) is 3.20. The average Bonchev–Trinajstić information content (AvgIpc) is 2.98. The largest absolute Gasteiger partial charge is 0.343 e. The molecule has 1 aliphatic heterocycles. The Morgan fingerprint density at radius 2 is 2.37 bits per heavy atom. The number of aryl methyl sites for hydroxylation is 1. The van der Waals surface area contributed by atoms with Crippen LogP contribution in [0, 0.1) is 12.8 Å². The Bertz CT molecular complexity index is 560. The van der Waals surface area contributed by atoms with Crippen LogP contribution in [0.25, 0.3) is 11.2 Å². The van der Waals surface area contributed by atoms with Gasteiger partial charge in [-0.3, -0.25) is 4.90 Å². The summed E-state index contributed by atoms with van der Waals surface area (Å²) in [5, 5.41) is 0. The van der Waals surface area contributed by atoms with Crippen molar-refractivity contribution in [3.8, 4) is 0 Å². The van der Waals surface area contributed by atoms with Crippen molar-refractivity contribution in [1.29, 1.82) is 0 Å². The van der Waals surface area contributed by atoms with Gasteiger partial charge in [-0.1, -0.05) is 13.3 Å². The normalized spacial score (nSPS) is 20.4. The summed E-state index contributed by atoms with van der Waals surface area (Å²) in [6.45, 7) is 7.80. The highest BCUT2D eigenvalue weighted by Gasteiger charge is 2.22. The zero-order valence-corrected chi connectivity index (χ0v) is 11.8. The zero-order chi connectivity index (χ0) is 13.2. The number of pyridine rings is 1. The van der Waals surface area contributed by atoms with Crippen LogP contribution < -0.4 is 0 Å². The van der Waals surface area contributed by atoms with Gasteiger partial charge in [-0.25, -0.2) is 9.97 Å². The Hall–Kier alpha value is -1.42. The second-order valence-electron chi connectivity index (χ2n) is 5.70. The summed E-state index contributed by atoms with van der Waals surface area (Å²) in [6.07, 6.45) is 5.76. The molecule has 1 N–H and O–H groups in total. The average molecular weight is 258 g/mol. The number of aromatic nitrogens is 3. The second-order valence-corrected chi connectivity index (χ2v) is 5.70. The number of hydrogen-bond donors (Lipinski definition) is 1. The smallest absolute Gasteiger partial charge is 0.177 e. The van der Waals surface area contributed by atoms with Crippen LogP contribution in [0.2, 0.25) is 0 Å². The molecule has 1 fully saturated rings. The molecule has 0 aliphatic carbocycles. The monoisotopic (exact) mass is 258 g/mol. The van der Waals surface area contributed by atoms with Crippen LogP contribution in [0.1, 0.15) is 37.4 Å². The Kier molecular flexibility index (Phi) is 3.51. The molecule has 4 heteroatoms. The van der Waals surface area contributed by atoms with Crippen molar-refractivity contribution >= 4 is 11.2 Å². The van der Waals surface area contributed by atoms with E-state index in [0.29, 0.717) is 0 Å². The van der Waals surface area contributed by atoms with Crippen LogP contribution in [0.15, 0.2) is 12.4 Å². The van der Waals surface area contributed by atoms with E-state index in [2.05, 4.69) is 32.8 Å². The van der Waals surface area contributed by atoms with Crippen LogP contribution in [0.4, 0.5) is 0 Å². The Labute approximate surface area is 114 Å². The molecule has 1 saturated heterocycles. The van der Waals surface area contributed by atoms with Gasteiger partial charge in [0.15, 0.2) is 5.65 Å². The first-order valence-electron chi connectivity index (χ1n) is 7.28. The van der Waals surface area contributed by atoms with Crippen molar-refractivity contribution in [3.05, 3.63) is 23.7 Å². The summed E-state index contributed by atoms with van der Waals surface area (Å²) in [5.74, 6) is 0.894. The highest BCUT2D eigenvalue weighted by atomic mass is 15.1. The number of hydrogen-bond acceptors (Lipinski definition) is 3. The SMILES string of the molecule is CCCC1CCN(Cc2cc(C)nc3nc[nH]c23)C1. The first kappa shape index (κ1) is 12.6. The quantitative estimate of drug-likeness (QED) is 0.917. The van der Waals surface area contributed by atoms with Gasteiger partial charge < -0.3 is 4.98 Å². The van der Waals surface area contributed by atoms with Crippen LogP contribution in [-0.2, 0) is 6.54 Å². The fourth-order valence-corrected chi connectivity index (χ4v) is 3.20. The van der Waals surface area contributed by atoms with E-state index in [1.165, 1.54) is 37.9 Å². The molecule has 19 heavy (non-hydrogen) atoms. The Morgan fingerprint density at radius 3 is 3.21 bits per heavy atom. The summed E-state index contributed by atoms with van der Waals surface area (Å²) in [7, 11) is 0. The van der Waals surface area contributed by atoms with E-state index in [0.717, 1.165) is 29.3 Å². The number of nitrogens with zero attached hydrogens (tertiary/aromatic N) is 3. The van der Waals surface area contributed by atoms with Gasteiger partial charge in [0.2, 0.25) is 0 Å². The van der Waals surface area contributed by atoms with Gasteiger partial charge in [0.05, 0.1) is 11.8 Å². The van der Waals surface area contributed by atoms with Gasteiger partial charge in [0.1, 0.15) is 0 Å². The highest BCUT2D eigenvalue weighted by Crippen LogP contribution is 2.24. The molecule has 2 aromatic heterocycles. The predicted molar refractivity (Wildman–Crippen MR) is 76.9 cm³/mol. The molecule has 2 aromatic rings. The number of likely N-dealkylation sites (tertiary alicyclic amines) is 1. The lowest BCUT2D eigenvalue weighted by molar-refractivity contribution is 0.314. The molecule has 1 unspecified atom stereocenters. The van der Waals surface area contributed by atoms with E-state index in [1.54, 1.807) is 6.33 Å². The van der Waals surface area contributed by atoms with Gasteiger partial charge >= 0.3 is 0 Å². The molecule has 0 bridgehead atoms. The number of fused-ring (bicyclic) bond motifs is 1. The van der Waals surface area contributed by atoms with Crippen LogP contribution in [0.5, 0.6) is 0 Å². The maximum Gasteiger partial charge on any atom is 0.177 e. The maximum absolute atomic E-state index is 4.45. The zero-order valence-electron chi connectivity index (χ0n) is 11.8. The molecule has 0 spiro atoms. The minimum Gasteiger partial charge on any atom is -0.343 e. The van der Waals surface area contributed by atoms with Crippen molar-refractivity contribution < 1.29 is 0 Å². The van der Waals surface area contributed by atoms with Gasteiger partial charge in [-0.15, -0.1) is 0 Å². The topological polar surface area (TPSA) is 44.8 Å².